The molecule has 0 saturated carbocycles. The molecule has 0 unspecified atom stereocenters. The van der Waals surface area contributed by atoms with Crippen molar-refractivity contribution in [3.05, 3.63) is 230 Å². The summed E-state index contributed by atoms with van der Waals surface area (Å²) in [6, 6.07) is 78.8. The molecule has 9 aromatic carbocycles. The molecule has 0 atom stereocenters. The summed E-state index contributed by atoms with van der Waals surface area (Å²) in [6.07, 6.45) is 1.70. The van der Waals surface area contributed by atoms with Gasteiger partial charge in [0, 0.05) is 49.5 Å². The number of hydrogen-bond acceptors (Lipinski definition) is 2. The fourth-order valence-electron chi connectivity index (χ4n) is 10.3. The highest BCUT2D eigenvalue weighted by atomic mass is 15.0. The number of rotatable bonds is 9. The van der Waals surface area contributed by atoms with Crippen molar-refractivity contribution in [1.82, 2.24) is 19.1 Å². The first-order valence-electron chi connectivity index (χ1n) is 23.0. The molecule has 0 amide bonds. The van der Waals surface area contributed by atoms with Gasteiger partial charge in [-0.15, -0.1) is 0 Å². The van der Waals surface area contributed by atoms with Gasteiger partial charge in [-0.25, -0.2) is 9.97 Å². The number of fused-ring (bicyclic) bond motifs is 6. The number of aryl methyl sites for hydroxylation is 1. The fraction of sp³-hybridized carbons (Fsp3) is 0.0645. The van der Waals surface area contributed by atoms with Crippen LogP contribution in [0.1, 0.15) is 25.0 Å². The Morgan fingerprint density at radius 3 is 1.45 bits per heavy atom. The Morgan fingerprint density at radius 1 is 0.364 bits per heavy atom. The van der Waals surface area contributed by atoms with E-state index in [-0.39, 0.29) is 0 Å². The Labute approximate surface area is 384 Å². The Balaban J connectivity index is 1.07. The van der Waals surface area contributed by atoms with E-state index in [0.717, 1.165) is 58.1 Å². The van der Waals surface area contributed by atoms with E-state index < -0.39 is 0 Å². The largest absolute Gasteiger partial charge is 0.309 e. The molecule has 3 heterocycles. The molecule has 0 fully saturated rings. The lowest BCUT2D eigenvalue weighted by Gasteiger charge is -2.22. The lowest BCUT2D eigenvalue weighted by Crippen LogP contribution is -2.05. The third-order valence-corrected chi connectivity index (χ3v) is 13.4. The van der Waals surface area contributed by atoms with Crippen molar-refractivity contribution in [1.29, 1.82) is 0 Å². The first-order chi connectivity index (χ1) is 32.7. The SMILES string of the molecule is CCc1ccccc1-c1c(-n2c3ccccc3c3cc(-c4ccc5c(c4)c4ccccc4n5-c4ccccc4)ccc32)ccc(-c2nc(-c3ccccc3)cc(-c3ccccc3)n2)c1CC. The Bertz CT molecular complexity index is 3710. The quantitative estimate of drug-likeness (QED) is 0.145. The van der Waals surface area contributed by atoms with Crippen molar-refractivity contribution >= 4 is 43.6 Å². The van der Waals surface area contributed by atoms with Crippen molar-refractivity contribution in [3.8, 4) is 67.5 Å². The van der Waals surface area contributed by atoms with Gasteiger partial charge in [0.1, 0.15) is 0 Å². The normalized spacial score (nSPS) is 11.6. The summed E-state index contributed by atoms with van der Waals surface area (Å²) >= 11 is 0. The van der Waals surface area contributed by atoms with Crippen LogP contribution >= 0.6 is 0 Å². The topological polar surface area (TPSA) is 35.6 Å². The van der Waals surface area contributed by atoms with Gasteiger partial charge in [0.15, 0.2) is 5.82 Å². The minimum absolute atomic E-state index is 0.726. The Morgan fingerprint density at radius 2 is 0.864 bits per heavy atom. The summed E-state index contributed by atoms with van der Waals surface area (Å²) < 4.78 is 4.87. The lowest BCUT2D eigenvalue weighted by atomic mass is 9.88. The van der Waals surface area contributed by atoms with Crippen LogP contribution in [0.3, 0.4) is 0 Å². The van der Waals surface area contributed by atoms with E-state index in [4.69, 9.17) is 9.97 Å². The smallest absolute Gasteiger partial charge is 0.160 e. The molecule has 314 valence electrons. The van der Waals surface area contributed by atoms with Crippen LogP contribution in [0, 0.1) is 0 Å². The minimum Gasteiger partial charge on any atom is -0.309 e. The number of para-hydroxylation sites is 3. The molecule has 0 radical (unpaired) electrons. The predicted molar refractivity (Wildman–Crippen MR) is 277 cm³/mol. The minimum atomic E-state index is 0.726. The molecule has 0 aliphatic rings. The molecule has 0 spiro atoms. The number of nitrogens with zero attached hydrogens (tertiary/aromatic N) is 4. The second kappa shape index (κ2) is 16.3. The van der Waals surface area contributed by atoms with E-state index >= 15 is 0 Å². The summed E-state index contributed by atoms with van der Waals surface area (Å²) in [5.41, 5.74) is 19.4. The van der Waals surface area contributed by atoms with Gasteiger partial charge >= 0.3 is 0 Å². The number of hydrogen-bond donors (Lipinski definition) is 0. The summed E-state index contributed by atoms with van der Waals surface area (Å²) in [6.45, 7) is 4.53. The second-order valence-corrected chi connectivity index (χ2v) is 17.0. The van der Waals surface area contributed by atoms with Gasteiger partial charge in [-0.2, -0.15) is 0 Å². The average molecular weight is 847 g/mol. The molecule has 66 heavy (non-hydrogen) atoms. The van der Waals surface area contributed by atoms with Crippen LogP contribution in [-0.2, 0) is 12.8 Å². The maximum absolute atomic E-state index is 5.35. The Kier molecular flexibility index (Phi) is 9.72. The lowest BCUT2D eigenvalue weighted by molar-refractivity contribution is 1.08. The fourth-order valence-corrected chi connectivity index (χ4v) is 10.3. The zero-order valence-corrected chi connectivity index (χ0v) is 37.0. The Hall–Kier alpha value is -8.34. The molecule has 3 aromatic heterocycles. The van der Waals surface area contributed by atoms with Gasteiger partial charge in [0.05, 0.1) is 39.1 Å². The number of aromatic nitrogens is 4. The van der Waals surface area contributed by atoms with E-state index in [1.54, 1.807) is 0 Å². The van der Waals surface area contributed by atoms with Crippen molar-refractivity contribution in [2.45, 2.75) is 26.7 Å². The molecule has 4 heteroatoms. The van der Waals surface area contributed by atoms with E-state index in [1.165, 1.54) is 77.0 Å². The van der Waals surface area contributed by atoms with Crippen molar-refractivity contribution in [2.24, 2.45) is 0 Å². The van der Waals surface area contributed by atoms with E-state index in [1.807, 2.05) is 0 Å². The molecule has 12 aromatic rings. The molecule has 0 N–H and O–H groups in total. The molecule has 12 rings (SSSR count). The molecule has 4 nitrogen and oxygen atoms in total. The molecule has 0 aliphatic carbocycles. The van der Waals surface area contributed by atoms with Crippen LogP contribution in [0.2, 0.25) is 0 Å². The van der Waals surface area contributed by atoms with Crippen LogP contribution in [0.15, 0.2) is 218 Å². The number of benzene rings is 9. The zero-order valence-electron chi connectivity index (χ0n) is 37.0. The highest BCUT2D eigenvalue weighted by molar-refractivity contribution is 6.13. The van der Waals surface area contributed by atoms with E-state index in [0.29, 0.717) is 0 Å². The maximum Gasteiger partial charge on any atom is 0.160 e. The standard InChI is InChI=1S/C62H46N4/c1-3-41-20-14-15-27-48(41)61-47(4-2)51(62-63-54(42-21-8-5-9-22-42)40-55(64-62)43-23-10-6-11-24-43)34-37-60(61)66-57-31-19-17-29-50(57)53-39-45(33-36-59(53)66)44-32-35-58-52(38-44)49-28-16-18-30-56(49)65(58)46-25-12-7-13-26-46/h5-40H,3-4H2,1-2H3. The highest BCUT2D eigenvalue weighted by Crippen LogP contribution is 2.44. The van der Waals surface area contributed by atoms with Crippen LogP contribution in [0.25, 0.3) is 111 Å². The summed E-state index contributed by atoms with van der Waals surface area (Å²) in [5.74, 6) is 0.726. The zero-order chi connectivity index (χ0) is 44.1. The van der Waals surface area contributed by atoms with E-state index in [9.17, 15) is 0 Å². The monoisotopic (exact) mass is 846 g/mol. The molecular weight excluding hydrogens is 801 g/mol. The third-order valence-electron chi connectivity index (χ3n) is 13.4. The van der Waals surface area contributed by atoms with Gasteiger partial charge in [-0.05, 0) is 107 Å². The van der Waals surface area contributed by atoms with Crippen LogP contribution in [-0.4, -0.2) is 19.1 Å². The van der Waals surface area contributed by atoms with Gasteiger partial charge in [-0.3, -0.25) is 0 Å². The average Bonchev–Trinajstić information content (AvgIpc) is 3.91. The first-order valence-corrected chi connectivity index (χ1v) is 23.0. The second-order valence-electron chi connectivity index (χ2n) is 17.0. The van der Waals surface area contributed by atoms with Gasteiger partial charge < -0.3 is 9.13 Å². The highest BCUT2D eigenvalue weighted by Gasteiger charge is 2.24. The summed E-state index contributed by atoms with van der Waals surface area (Å²) in [4.78, 5) is 10.7. The maximum atomic E-state index is 5.35. The molecule has 0 saturated heterocycles. The van der Waals surface area contributed by atoms with Gasteiger partial charge in [0.2, 0.25) is 0 Å². The molecule has 0 bridgehead atoms. The predicted octanol–water partition coefficient (Wildman–Crippen LogP) is 16.1. The summed E-state index contributed by atoms with van der Waals surface area (Å²) in [5, 5.41) is 4.94. The first kappa shape index (κ1) is 39.3. The van der Waals surface area contributed by atoms with Crippen molar-refractivity contribution in [2.75, 3.05) is 0 Å². The van der Waals surface area contributed by atoms with Crippen LogP contribution < -0.4 is 0 Å². The molecular formula is C62H46N4. The third kappa shape index (κ3) is 6.52. The van der Waals surface area contributed by atoms with Crippen LogP contribution in [0.5, 0.6) is 0 Å². The van der Waals surface area contributed by atoms with Gasteiger partial charge in [-0.1, -0.05) is 166 Å². The van der Waals surface area contributed by atoms with Gasteiger partial charge in [0.25, 0.3) is 0 Å². The van der Waals surface area contributed by atoms with Crippen molar-refractivity contribution < 1.29 is 0 Å². The summed E-state index contributed by atoms with van der Waals surface area (Å²) in [7, 11) is 0. The van der Waals surface area contributed by atoms with E-state index in [2.05, 4.69) is 241 Å². The van der Waals surface area contributed by atoms with Crippen molar-refractivity contribution in [3.63, 3.8) is 0 Å². The molecule has 0 aliphatic heterocycles. The van der Waals surface area contributed by atoms with Crippen LogP contribution in [0.4, 0.5) is 0 Å².